The number of amides is 1. The van der Waals surface area contributed by atoms with Crippen LogP contribution in [0.25, 0.3) is 28.3 Å². The van der Waals surface area contributed by atoms with Crippen LogP contribution in [-0.4, -0.2) is 11.1 Å². The quantitative estimate of drug-likeness (QED) is 0.750. The molecule has 2 N–H and O–H groups in total. The first-order valence-corrected chi connectivity index (χ1v) is 6.64. The van der Waals surface area contributed by atoms with E-state index in [9.17, 15) is 4.79 Å². The summed E-state index contributed by atoms with van der Waals surface area (Å²) in [6, 6.07) is 12.9. The Morgan fingerprint density at radius 3 is 2.67 bits per heavy atom. The van der Waals surface area contributed by atoms with E-state index in [2.05, 4.69) is 5.16 Å². The van der Waals surface area contributed by atoms with Crippen LogP contribution in [0, 0.1) is 0 Å². The SMILES string of the molecule is NC(=O)/C=C\c1ccc2noc(-c3ccc(Cl)cc3)c2c1. The van der Waals surface area contributed by atoms with Gasteiger partial charge in [0.2, 0.25) is 5.91 Å². The fourth-order valence-electron chi connectivity index (χ4n) is 2.05. The van der Waals surface area contributed by atoms with Gasteiger partial charge < -0.3 is 10.3 Å². The van der Waals surface area contributed by atoms with Crippen LogP contribution in [-0.2, 0) is 4.79 Å². The summed E-state index contributed by atoms with van der Waals surface area (Å²) in [5.41, 5.74) is 7.58. The van der Waals surface area contributed by atoms with Gasteiger partial charge in [-0.1, -0.05) is 22.8 Å². The van der Waals surface area contributed by atoms with Crippen molar-refractivity contribution < 1.29 is 9.32 Å². The Bertz CT molecular complexity index is 835. The lowest BCUT2D eigenvalue weighted by molar-refractivity contribution is -0.113. The molecule has 1 heterocycles. The van der Waals surface area contributed by atoms with E-state index in [1.807, 2.05) is 30.3 Å². The number of hydrogen-bond donors (Lipinski definition) is 1. The number of rotatable bonds is 3. The Labute approximate surface area is 125 Å². The average molecular weight is 299 g/mol. The van der Waals surface area contributed by atoms with E-state index < -0.39 is 5.91 Å². The highest BCUT2D eigenvalue weighted by atomic mass is 35.5. The van der Waals surface area contributed by atoms with E-state index in [0.29, 0.717) is 10.8 Å². The topological polar surface area (TPSA) is 69.1 Å². The van der Waals surface area contributed by atoms with E-state index in [1.165, 1.54) is 6.08 Å². The molecule has 0 saturated carbocycles. The lowest BCUT2D eigenvalue weighted by Gasteiger charge is -1.98. The highest BCUT2D eigenvalue weighted by molar-refractivity contribution is 6.30. The molecule has 3 aromatic rings. The number of benzene rings is 2. The third-order valence-corrected chi connectivity index (χ3v) is 3.30. The zero-order chi connectivity index (χ0) is 14.8. The van der Waals surface area contributed by atoms with Crippen molar-refractivity contribution in [3.63, 3.8) is 0 Å². The first kappa shape index (κ1) is 13.4. The van der Waals surface area contributed by atoms with Crippen molar-refractivity contribution in [3.05, 3.63) is 59.1 Å². The zero-order valence-electron chi connectivity index (χ0n) is 10.9. The molecule has 1 aromatic heterocycles. The van der Waals surface area contributed by atoms with Gasteiger partial charge in [0.1, 0.15) is 5.52 Å². The molecule has 4 nitrogen and oxygen atoms in total. The second-order valence-corrected chi connectivity index (χ2v) is 4.97. The molecule has 0 aliphatic carbocycles. The second-order valence-electron chi connectivity index (χ2n) is 4.53. The lowest BCUT2D eigenvalue weighted by atomic mass is 10.1. The molecule has 0 bridgehead atoms. The van der Waals surface area contributed by atoms with Crippen molar-refractivity contribution in [2.75, 3.05) is 0 Å². The monoisotopic (exact) mass is 298 g/mol. The number of nitrogens with two attached hydrogens (primary N) is 1. The van der Waals surface area contributed by atoms with Crippen molar-refractivity contribution in [2.24, 2.45) is 5.73 Å². The van der Waals surface area contributed by atoms with Crippen molar-refractivity contribution in [1.82, 2.24) is 5.16 Å². The third-order valence-electron chi connectivity index (χ3n) is 3.05. The number of nitrogens with zero attached hydrogens (tertiary/aromatic N) is 1. The van der Waals surface area contributed by atoms with E-state index in [1.54, 1.807) is 18.2 Å². The van der Waals surface area contributed by atoms with Gasteiger partial charge in [0, 0.05) is 16.7 Å². The summed E-state index contributed by atoms with van der Waals surface area (Å²) in [6.07, 6.45) is 2.97. The lowest BCUT2D eigenvalue weighted by Crippen LogP contribution is -2.04. The van der Waals surface area contributed by atoms with Crippen LogP contribution in [0.4, 0.5) is 0 Å². The largest absolute Gasteiger partial charge is 0.366 e. The molecule has 5 heteroatoms. The fourth-order valence-corrected chi connectivity index (χ4v) is 2.18. The summed E-state index contributed by atoms with van der Waals surface area (Å²) in [5.74, 6) is 0.175. The number of aromatic nitrogens is 1. The van der Waals surface area contributed by atoms with Gasteiger partial charge >= 0.3 is 0 Å². The van der Waals surface area contributed by atoms with Crippen molar-refractivity contribution in [3.8, 4) is 11.3 Å². The summed E-state index contributed by atoms with van der Waals surface area (Å²) >= 11 is 5.89. The number of halogens is 1. The van der Waals surface area contributed by atoms with Crippen LogP contribution in [0.1, 0.15) is 5.56 Å². The van der Waals surface area contributed by atoms with Gasteiger partial charge in [-0.05, 0) is 48.0 Å². The molecule has 0 radical (unpaired) electrons. The standard InChI is InChI=1S/C16H11ClN2O2/c17-12-5-3-11(4-6-12)16-13-9-10(2-8-15(18)20)1-7-14(13)19-21-16/h1-9H,(H2,18,20)/b8-2-. The molecular weight excluding hydrogens is 288 g/mol. The highest BCUT2D eigenvalue weighted by Gasteiger charge is 2.10. The van der Waals surface area contributed by atoms with Crippen LogP contribution >= 0.6 is 11.6 Å². The normalized spacial score (nSPS) is 11.3. The number of hydrogen-bond acceptors (Lipinski definition) is 3. The van der Waals surface area contributed by atoms with Gasteiger partial charge in [0.25, 0.3) is 0 Å². The van der Waals surface area contributed by atoms with E-state index in [4.69, 9.17) is 21.9 Å². The summed E-state index contributed by atoms with van der Waals surface area (Å²) in [5, 5.41) is 5.55. The van der Waals surface area contributed by atoms with E-state index in [-0.39, 0.29) is 0 Å². The molecule has 0 aliphatic heterocycles. The minimum Gasteiger partial charge on any atom is -0.366 e. The molecule has 0 saturated heterocycles. The maximum atomic E-state index is 10.8. The van der Waals surface area contributed by atoms with Crippen LogP contribution in [0.3, 0.4) is 0 Å². The summed E-state index contributed by atoms with van der Waals surface area (Å²) in [7, 11) is 0. The molecule has 0 spiro atoms. The van der Waals surface area contributed by atoms with Crippen molar-refractivity contribution in [2.45, 2.75) is 0 Å². The third kappa shape index (κ3) is 2.80. The van der Waals surface area contributed by atoms with Gasteiger partial charge in [0.15, 0.2) is 5.76 Å². The Morgan fingerprint density at radius 2 is 1.95 bits per heavy atom. The maximum Gasteiger partial charge on any atom is 0.241 e. The Kier molecular flexibility index (Phi) is 3.46. The molecule has 0 aliphatic rings. The number of fused-ring (bicyclic) bond motifs is 1. The Morgan fingerprint density at radius 1 is 1.19 bits per heavy atom. The van der Waals surface area contributed by atoms with Crippen LogP contribution < -0.4 is 5.73 Å². The molecule has 0 unspecified atom stereocenters. The minimum atomic E-state index is -0.488. The average Bonchev–Trinajstić information content (AvgIpc) is 2.89. The summed E-state index contributed by atoms with van der Waals surface area (Å²) in [6.45, 7) is 0. The number of carbonyl (C=O) groups excluding carboxylic acids is 1. The predicted octanol–water partition coefficient (Wildman–Crippen LogP) is 3.65. The first-order chi connectivity index (χ1) is 10.1. The first-order valence-electron chi connectivity index (χ1n) is 6.26. The van der Waals surface area contributed by atoms with Crippen molar-refractivity contribution in [1.29, 1.82) is 0 Å². The smallest absolute Gasteiger partial charge is 0.241 e. The zero-order valence-corrected chi connectivity index (χ0v) is 11.7. The van der Waals surface area contributed by atoms with Gasteiger partial charge in [-0.3, -0.25) is 4.79 Å². The molecule has 21 heavy (non-hydrogen) atoms. The Hall–Kier alpha value is -2.59. The molecule has 1 amide bonds. The molecule has 0 fully saturated rings. The van der Waals surface area contributed by atoms with E-state index >= 15 is 0 Å². The van der Waals surface area contributed by atoms with Crippen LogP contribution in [0.5, 0.6) is 0 Å². The second kappa shape index (κ2) is 5.42. The number of primary amides is 1. The van der Waals surface area contributed by atoms with Gasteiger partial charge in [0.05, 0.1) is 5.39 Å². The maximum absolute atomic E-state index is 10.8. The summed E-state index contributed by atoms with van der Waals surface area (Å²) < 4.78 is 5.41. The molecule has 2 aromatic carbocycles. The van der Waals surface area contributed by atoms with Crippen LogP contribution in [0.15, 0.2) is 53.1 Å². The minimum absolute atomic E-state index is 0.488. The molecular formula is C16H11ClN2O2. The molecule has 104 valence electrons. The van der Waals surface area contributed by atoms with Gasteiger partial charge in [-0.2, -0.15) is 0 Å². The number of carbonyl (C=O) groups is 1. The van der Waals surface area contributed by atoms with Crippen LogP contribution in [0.2, 0.25) is 5.02 Å². The Balaban J connectivity index is 2.09. The van der Waals surface area contributed by atoms with E-state index in [0.717, 1.165) is 22.0 Å². The predicted molar refractivity (Wildman–Crippen MR) is 82.7 cm³/mol. The summed E-state index contributed by atoms with van der Waals surface area (Å²) in [4.78, 5) is 10.8. The van der Waals surface area contributed by atoms with Gasteiger partial charge in [-0.15, -0.1) is 0 Å². The fraction of sp³-hybridized carbons (Fsp3) is 0. The molecule has 0 atom stereocenters. The van der Waals surface area contributed by atoms with Gasteiger partial charge in [-0.25, -0.2) is 0 Å². The van der Waals surface area contributed by atoms with Crippen molar-refractivity contribution >= 4 is 34.5 Å². The molecule has 3 rings (SSSR count). The highest BCUT2D eigenvalue weighted by Crippen LogP contribution is 2.30.